The van der Waals surface area contributed by atoms with Gasteiger partial charge in [0.1, 0.15) is 5.41 Å². The Bertz CT molecular complexity index is 928. The summed E-state index contributed by atoms with van der Waals surface area (Å²) in [5, 5.41) is 12.3. The van der Waals surface area contributed by atoms with Gasteiger partial charge in [0, 0.05) is 29.8 Å². The number of hydrogen-bond donors (Lipinski definition) is 1. The van der Waals surface area contributed by atoms with Crippen molar-refractivity contribution in [3.63, 3.8) is 0 Å². The maximum atomic E-state index is 12.5. The smallest absolute Gasteiger partial charge is 0.244 e. The van der Waals surface area contributed by atoms with E-state index in [-0.39, 0.29) is 5.91 Å². The summed E-state index contributed by atoms with van der Waals surface area (Å²) in [6.07, 6.45) is 8.67. The van der Waals surface area contributed by atoms with Crippen LogP contribution in [0.3, 0.4) is 0 Å². The second-order valence-electron chi connectivity index (χ2n) is 6.39. The van der Waals surface area contributed by atoms with Crippen molar-refractivity contribution in [3.8, 4) is 17.3 Å². The summed E-state index contributed by atoms with van der Waals surface area (Å²) >= 11 is 0. The second-order valence-corrected chi connectivity index (χ2v) is 6.39. The van der Waals surface area contributed by atoms with Gasteiger partial charge in [0.2, 0.25) is 11.7 Å². The highest BCUT2D eigenvalue weighted by atomic mass is 16.2. The van der Waals surface area contributed by atoms with E-state index in [2.05, 4.69) is 21.4 Å². The number of anilines is 1. The van der Waals surface area contributed by atoms with Crippen LogP contribution in [0.1, 0.15) is 25.7 Å². The molecule has 0 aliphatic heterocycles. The van der Waals surface area contributed by atoms with Crippen molar-refractivity contribution >= 4 is 17.4 Å². The molecular weight excluding hydrogens is 314 g/mol. The number of amides is 1. The fourth-order valence-electron chi connectivity index (χ4n) is 3.31. The van der Waals surface area contributed by atoms with Crippen LogP contribution >= 0.6 is 0 Å². The number of rotatable bonds is 3. The molecule has 3 aromatic rings. The number of imidazole rings is 1. The molecule has 6 nitrogen and oxygen atoms in total. The minimum absolute atomic E-state index is 0.197. The Balaban J connectivity index is 1.54. The van der Waals surface area contributed by atoms with Gasteiger partial charge in [0.15, 0.2) is 0 Å². The lowest BCUT2D eigenvalue weighted by atomic mass is 9.87. The quantitative estimate of drug-likeness (QED) is 0.797. The average molecular weight is 331 g/mol. The molecule has 2 aromatic heterocycles. The minimum Gasteiger partial charge on any atom is -0.325 e. The Kier molecular flexibility index (Phi) is 3.69. The van der Waals surface area contributed by atoms with Gasteiger partial charge in [-0.2, -0.15) is 5.26 Å². The van der Waals surface area contributed by atoms with Gasteiger partial charge >= 0.3 is 0 Å². The monoisotopic (exact) mass is 331 g/mol. The Hall–Kier alpha value is -3.20. The Labute approximate surface area is 145 Å². The molecule has 1 amide bonds. The van der Waals surface area contributed by atoms with Gasteiger partial charge in [-0.3, -0.25) is 9.20 Å². The number of nitrogens with zero attached hydrogens (tertiary/aromatic N) is 4. The molecule has 0 bridgehead atoms. The maximum Gasteiger partial charge on any atom is 0.244 e. The van der Waals surface area contributed by atoms with E-state index in [1.807, 2.05) is 47.1 Å². The summed E-state index contributed by atoms with van der Waals surface area (Å²) in [4.78, 5) is 21.2. The maximum absolute atomic E-state index is 12.5. The first-order chi connectivity index (χ1) is 12.2. The number of fused-ring (bicyclic) bond motifs is 1. The molecule has 25 heavy (non-hydrogen) atoms. The van der Waals surface area contributed by atoms with Crippen LogP contribution in [0.2, 0.25) is 0 Å². The highest BCUT2D eigenvalue weighted by Crippen LogP contribution is 2.38. The summed E-state index contributed by atoms with van der Waals surface area (Å²) in [7, 11) is 0. The molecule has 2 heterocycles. The number of aromatic nitrogens is 3. The summed E-state index contributed by atoms with van der Waals surface area (Å²) in [5.74, 6) is 0.448. The zero-order chi connectivity index (χ0) is 17.3. The van der Waals surface area contributed by atoms with Crippen LogP contribution in [-0.4, -0.2) is 20.3 Å². The van der Waals surface area contributed by atoms with E-state index >= 15 is 0 Å². The van der Waals surface area contributed by atoms with Crippen LogP contribution in [0.25, 0.3) is 17.0 Å². The van der Waals surface area contributed by atoms with Crippen molar-refractivity contribution in [2.75, 3.05) is 5.32 Å². The Morgan fingerprint density at radius 3 is 2.68 bits per heavy atom. The SMILES string of the molecule is N#CC1(C(=O)Nc2ccc(-c3cn4cccnc4n3)cc2)CCCC1. The molecule has 1 aromatic carbocycles. The minimum atomic E-state index is -0.869. The molecule has 0 unspecified atom stereocenters. The van der Waals surface area contributed by atoms with E-state index in [4.69, 9.17) is 0 Å². The predicted octanol–water partition coefficient (Wildman–Crippen LogP) is 3.42. The largest absolute Gasteiger partial charge is 0.325 e. The van der Waals surface area contributed by atoms with Crippen molar-refractivity contribution < 1.29 is 4.79 Å². The first-order valence-corrected chi connectivity index (χ1v) is 8.33. The molecule has 1 N–H and O–H groups in total. The van der Waals surface area contributed by atoms with Crippen LogP contribution in [-0.2, 0) is 4.79 Å². The third-order valence-corrected chi connectivity index (χ3v) is 4.78. The normalized spacial score (nSPS) is 15.8. The molecule has 1 aliphatic rings. The molecule has 0 atom stereocenters. The summed E-state index contributed by atoms with van der Waals surface area (Å²) in [6, 6.07) is 11.6. The van der Waals surface area contributed by atoms with Gasteiger partial charge in [0.25, 0.3) is 0 Å². The molecular formula is C19H17N5O. The molecule has 4 rings (SSSR count). The highest BCUT2D eigenvalue weighted by Gasteiger charge is 2.41. The topological polar surface area (TPSA) is 83.1 Å². The van der Waals surface area contributed by atoms with Gasteiger partial charge in [-0.25, -0.2) is 9.97 Å². The summed E-state index contributed by atoms with van der Waals surface area (Å²) in [5.41, 5.74) is 1.59. The lowest BCUT2D eigenvalue weighted by Crippen LogP contribution is -2.32. The summed E-state index contributed by atoms with van der Waals surface area (Å²) < 4.78 is 1.86. The molecule has 1 fully saturated rings. The molecule has 124 valence electrons. The zero-order valence-corrected chi connectivity index (χ0v) is 13.6. The van der Waals surface area contributed by atoms with E-state index in [1.54, 1.807) is 6.20 Å². The van der Waals surface area contributed by atoms with Crippen LogP contribution in [0.4, 0.5) is 5.69 Å². The number of carbonyl (C=O) groups excluding carboxylic acids is 1. The van der Waals surface area contributed by atoms with Crippen LogP contribution in [0.5, 0.6) is 0 Å². The average Bonchev–Trinajstić information content (AvgIpc) is 3.30. The first-order valence-electron chi connectivity index (χ1n) is 8.33. The van der Waals surface area contributed by atoms with Crippen LogP contribution < -0.4 is 5.32 Å². The Morgan fingerprint density at radius 2 is 2.00 bits per heavy atom. The van der Waals surface area contributed by atoms with Crippen LogP contribution in [0.15, 0.2) is 48.9 Å². The lowest BCUT2D eigenvalue weighted by Gasteiger charge is -2.19. The van der Waals surface area contributed by atoms with Crippen molar-refractivity contribution in [1.82, 2.24) is 14.4 Å². The zero-order valence-electron chi connectivity index (χ0n) is 13.6. The van der Waals surface area contributed by atoms with E-state index < -0.39 is 5.41 Å². The summed E-state index contributed by atoms with van der Waals surface area (Å²) in [6.45, 7) is 0. The van der Waals surface area contributed by atoms with Crippen molar-refractivity contribution in [2.45, 2.75) is 25.7 Å². The lowest BCUT2D eigenvalue weighted by molar-refractivity contribution is -0.122. The molecule has 0 saturated heterocycles. The highest BCUT2D eigenvalue weighted by molar-refractivity contribution is 5.97. The van der Waals surface area contributed by atoms with E-state index in [9.17, 15) is 10.1 Å². The predicted molar refractivity (Wildman–Crippen MR) is 93.6 cm³/mol. The number of carbonyl (C=O) groups is 1. The van der Waals surface area contributed by atoms with Gasteiger partial charge in [-0.15, -0.1) is 0 Å². The number of nitriles is 1. The number of benzene rings is 1. The number of nitrogens with one attached hydrogen (secondary N) is 1. The first kappa shape index (κ1) is 15.3. The van der Waals surface area contributed by atoms with E-state index in [1.165, 1.54) is 0 Å². The van der Waals surface area contributed by atoms with Gasteiger partial charge in [-0.1, -0.05) is 25.0 Å². The van der Waals surface area contributed by atoms with Gasteiger partial charge < -0.3 is 5.32 Å². The number of hydrogen-bond acceptors (Lipinski definition) is 4. The fourth-order valence-corrected chi connectivity index (χ4v) is 3.31. The van der Waals surface area contributed by atoms with Crippen molar-refractivity contribution in [3.05, 3.63) is 48.9 Å². The third-order valence-electron chi connectivity index (χ3n) is 4.78. The van der Waals surface area contributed by atoms with Crippen molar-refractivity contribution in [2.24, 2.45) is 5.41 Å². The fraction of sp³-hybridized carbons (Fsp3) is 0.263. The van der Waals surface area contributed by atoms with E-state index in [0.717, 1.165) is 24.1 Å². The van der Waals surface area contributed by atoms with Gasteiger partial charge in [-0.05, 0) is 31.0 Å². The van der Waals surface area contributed by atoms with Crippen molar-refractivity contribution in [1.29, 1.82) is 5.26 Å². The molecule has 6 heteroatoms. The molecule has 1 aliphatic carbocycles. The molecule has 0 spiro atoms. The molecule has 0 radical (unpaired) electrons. The van der Waals surface area contributed by atoms with Gasteiger partial charge in [0.05, 0.1) is 11.8 Å². The standard InChI is InChI=1S/C19H17N5O/c20-13-19(8-1-2-9-19)17(25)22-15-6-4-14(5-7-15)16-12-24-11-3-10-21-18(24)23-16/h3-7,10-12H,1-2,8-9H2,(H,22,25). The van der Waals surface area contributed by atoms with Crippen LogP contribution in [0, 0.1) is 16.7 Å². The third kappa shape index (κ3) is 2.74. The molecule has 1 saturated carbocycles. The second kappa shape index (κ2) is 6.02. The Morgan fingerprint density at radius 1 is 1.24 bits per heavy atom. The van der Waals surface area contributed by atoms with E-state index in [0.29, 0.717) is 24.3 Å².